The lowest BCUT2D eigenvalue weighted by Crippen LogP contribution is -2.12. The van der Waals surface area contributed by atoms with E-state index >= 15 is 0 Å². The second-order valence-corrected chi connectivity index (χ2v) is 7.97. The van der Waals surface area contributed by atoms with Crippen LogP contribution < -0.4 is 5.32 Å². The number of aliphatic hydroxyl groups excluding tert-OH is 1. The van der Waals surface area contributed by atoms with Crippen molar-refractivity contribution in [2.24, 2.45) is 0 Å². The molecule has 1 aliphatic rings. The highest BCUT2D eigenvalue weighted by Crippen LogP contribution is 2.32. The van der Waals surface area contributed by atoms with Crippen LogP contribution in [-0.2, 0) is 6.61 Å². The van der Waals surface area contributed by atoms with E-state index < -0.39 is 0 Å². The van der Waals surface area contributed by atoms with Crippen molar-refractivity contribution in [3.63, 3.8) is 0 Å². The molecule has 1 fully saturated rings. The van der Waals surface area contributed by atoms with Crippen LogP contribution in [0.5, 0.6) is 0 Å². The quantitative estimate of drug-likeness (QED) is 0.676. The van der Waals surface area contributed by atoms with E-state index in [1.165, 1.54) is 49.0 Å². The Hall–Kier alpha value is -2.24. The number of aromatic nitrogens is 1. The smallest absolute Gasteiger partial charge is 0.255 e. The summed E-state index contributed by atoms with van der Waals surface area (Å²) in [5.41, 5.74) is 3.53. The Bertz CT molecular complexity index is 911. The molecular weight excluding hydrogens is 344 g/mol. The van der Waals surface area contributed by atoms with Crippen molar-refractivity contribution < 1.29 is 9.90 Å². The number of fused-ring (bicyclic) bond motifs is 1. The third-order valence-corrected chi connectivity index (χ3v) is 6.10. The predicted molar refractivity (Wildman–Crippen MR) is 106 cm³/mol. The summed E-state index contributed by atoms with van der Waals surface area (Å²) in [6.45, 7) is -0.0611. The minimum atomic E-state index is -0.114. The first-order chi connectivity index (χ1) is 12.7. The molecule has 134 valence electrons. The van der Waals surface area contributed by atoms with Crippen molar-refractivity contribution in [1.29, 1.82) is 0 Å². The van der Waals surface area contributed by atoms with Crippen molar-refractivity contribution >= 4 is 33.1 Å². The largest absolute Gasteiger partial charge is 0.389 e. The van der Waals surface area contributed by atoms with E-state index in [2.05, 4.69) is 22.4 Å². The number of nitrogens with zero attached hydrogens (tertiary/aromatic N) is 1. The van der Waals surface area contributed by atoms with Crippen molar-refractivity contribution in [2.75, 3.05) is 5.32 Å². The number of carbonyl (C=O) groups excluding carboxylic acids is 1. The van der Waals surface area contributed by atoms with Gasteiger partial charge in [-0.2, -0.15) is 0 Å². The molecule has 2 N–H and O–H groups in total. The molecule has 26 heavy (non-hydrogen) atoms. The third kappa shape index (κ3) is 3.64. The van der Waals surface area contributed by atoms with E-state index in [1.54, 1.807) is 0 Å². The fraction of sp³-hybridized carbons (Fsp3) is 0.333. The lowest BCUT2D eigenvalue weighted by molar-refractivity contribution is 0.102. The molecule has 3 aromatic rings. The fourth-order valence-corrected chi connectivity index (χ4v) is 4.47. The molecule has 1 aliphatic carbocycles. The topological polar surface area (TPSA) is 62.2 Å². The average molecular weight is 366 g/mol. The normalized spacial score (nSPS) is 15.3. The van der Waals surface area contributed by atoms with Crippen LogP contribution in [0.15, 0.2) is 42.5 Å². The van der Waals surface area contributed by atoms with Gasteiger partial charge in [0.15, 0.2) is 0 Å². The summed E-state index contributed by atoms with van der Waals surface area (Å²) in [5, 5.41) is 12.8. The summed E-state index contributed by atoms with van der Waals surface area (Å²) in [7, 11) is 0. The molecule has 0 aliphatic heterocycles. The summed E-state index contributed by atoms with van der Waals surface area (Å²) in [4.78, 5) is 16.9. The van der Waals surface area contributed by atoms with E-state index in [-0.39, 0.29) is 12.5 Å². The number of aliphatic hydroxyl groups is 1. The van der Waals surface area contributed by atoms with Gasteiger partial charge in [0.2, 0.25) is 0 Å². The number of amides is 1. The van der Waals surface area contributed by atoms with Crippen LogP contribution in [0, 0.1) is 0 Å². The van der Waals surface area contributed by atoms with E-state index in [9.17, 15) is 9.90 Å². The maximum Gasteiger partial charge on any atom is 0.255 e. The fourth-order valence-electron chi connectivity index (χ4n) is 3.67. The molecule has 1 heterocycles. The molecular formula is C21H22N2O2S. The Balaban J connectivity index is 1.47. The van der Waals surface area contributed by atoms with E-state index in [0.29, 0.717) is 22.2 Å². The minimum absolute atomic E-state index is 0.0611. The zero-order chi connectivity index (χ0) is 17.9. The molecule has 1 amide bonds. The van der Waals surface area contributed by atoms with Gasteiger partial charge in [-0.25, -0.2) is 4.98 Å². The van der Waals surface area contributed by atoms with Gasteiger partial charge in [-0.05, 0) is 54.7 Å². The second kappa shape index (κ2) is 7.56. The molecule has 1 aromatic heterocycles. The zero-order valence-corrected chi connectivity index (χ0v) is 15.4. The lowest BCUT2D eigenvalue weighted by atomic mass is 9.84. The Morgan fingerprint density at radius 3 is 2.62 bits per heavy atom. The SMILES string of the molecule is O=C(Nc1ccc2sc(CO)nc2c1)c1ccc(C2CCCCC2)cc1. The molecule has 4 nitrogen and oxygen atoms in total. The Morgan fingerprint density at radius 1 is 1.12 bits per heavy atom. The standard InChI is InChI=1S/C21H22N2O2S/c24-13-20-23-18-12-17(10-11-19(18)26-20)22-21(25)16-8-6-15(7-9-16)14-4-2-1-3-5-14/h6-12,14,24H,1-5,13H2,(H,22,25). The van der Waals surface area contributed by atoms with Crippen LogP contribution in [0.2, 0.25) is 0 Å². The van der Waals surface area contributed by atoms with Crippen LogP contribution in [0.4, 0.5) is 5.69 Å². The first-order valence-electron chi connectivity index (χ1n) is 9.14. The maximum absolute atomic E-state index is 12.5. The molecule has 0 saturated heterocycles. The number of rotatable bonds is 4. The molecule has 2 aromatic carbocycles. The first-order valence-corrected chi connectivity index (χ1v) is 9.96. The van der Waals surface area contributed by atoms with Crippen molar-refractivity contribution in [1.82, 2.24) is 4.98 Å². The van der Waals surface area contributed by atoms with Gasteiger partial charge in [0.1, 0.15) is 5.01 Å². The van der Waals surface area contributed by atoms with E-state index in [1.807, 2.05) is 30.3 Å². The Kier molecular flexibility index (Phi) is 5.00. The molecule has 0 atom stereocenters. The van der Waals surface area contributed by atoms with Gasteiger partial charge < -0.3 is 10.4 Å². The van der Waals surface area contributed by atoms with E-state index in [4.69, 9.17) is 0 Å². The van der Waals surface area contributed by atoms with Crippen molar-refractivity contribution in [3.8, 4) is 0 Å². The Labute approximate surface area is 156 Å². The summed E-state index contributed by atoms with van der Waals surface area (Å²) < 4.78 is 1.00. The van der Waals surface area contributed by atoms with Crippen LogP contribution >= 0.6 is 11.3 Å². The predicted octanol–water partition coefficient (Wildman–Crippen LogP) is 5.09. The van der Waals surface area contributed by atoms with Gasteiger partial charge in [-0.1, -0.05) is 31.4 Å². The highest BCUT2D eigenvalue weighted by molar-refractivity contribution is 7.18. The molecule has 4 rings (SSSR count). The average Bonchev–Trinajstić information content (AvgIpc) is 3.11. The molecule has 1 saturated carbocycles. The number of nitrogens with one attached hydrogen (secondary N) is 1. The van der Waals surface area contributed by atoms with Gasteiger partial charge >= 0.3 is 0 Å². The Morgan fingerprint density at radius 2 is 1.88 bits per heavy atom. The highest BCUT2D eigenvalue weighted by atomic mass is 32.1. The monoisotopic (exact) mass is 366 g/mol. The number of hydrogen-bond donors (Lipinski definition) is 2. The van der Waals surface area contributed by atoms with Crippen LogP contribution in [0.25, 0.3) is 10.2 Å². The van der Waals surface area contributed by atoms with Gasteiger partial charge in [0, 0.05) is 11.3 Å². The molecule has 0 radical (unpaired) electrons. The lowest BCUT2D eigenvalue weighted by Gasteiger charge is -2.22. The molecule has 0 spiro atoms. The second-order valence-electron chi connectivity index (χ2n) is 6.86. The van der Waals surface area contributed by atoms with Crippen molar-refractivity contribution in [3.05, 3.63) is 58.6 Å². The summed E-state index contributed by atoms with van der Waals surface area (Å²) >= 11 is 1.46. The van der Waals surface area contributed by atoms with Crippen LogP contribution in [0.1, 0.15) is 59.0 Å². The van der Waals surface area contributed by atoms with E-state index in [0.717, 1.165) is 10.2 Å². The minimum Gasteiger partial charge on any atom is -0.389 e. The zero-order valence-electron chi connectivity index (χ0n) is 14.6. The van der Waals surface area contributed by atoms with Gasteiger partial charge in [0.25, 0.3) is 5.91 Å². The molecule has 0 bridgehead atoms. The molecule has 0 unspecified atom stereocenters. The summed E-state index contributed by atoms with van der Waals surface area (Å²) in [6.07, 6.45) is 6.48. The van der Waals surface area contributed by atoms with Crippen LogP contribution in [-0.4, -0.2) is 16.0 Å². The van der Waals surface area contributed by atoms with Gasteiger partial charge in [-0.15, -0.1) is 11.3 Å². The number of benzene rings is 2. The summed E-state index contributed by atoms with van der Waals surface area (Å²) in [5.74, 6) is 0.533. The first kappa shape index (κ1) is 17.2. The number of hydrogen-bond acceptors (Lipinski definition) is 4. The van der Waals surface area contributed by atoms with Crippen LogP contribution in [0.3, 0.4) is 0 Å². The van der Waals surface area contributed by atoms with Gasteiger partial charge in [-0.3, -0.25) is 4.79 Å². The number of carbonyl (C=O) groups is 1. The third-order valence-electron chi connectivity index (χ3n) is 5.07. The van der Waals surface area contributed by atoms with Gasteiger partial charge in [0.05, 0.1) is 16.8 Å². The number of anilines is 1. The number of thiazole rings is 1. The van der Waals surface area contributed by atoms with Crippen molar-refractivity contribution in [2.45, 2.75) is 44.6 Å². The molecule has 5 heteroatoms. The summed E-state index contributed by atoms with van der Waals surface area (Å²) in [6, 6.07) is 13.7. The maximum atomic E-state index is 12.5. The highest BCUT2D eigenvalue weighted by Gasteiger charge is 2.16.